The smallest absolute Gasteiger partial charge is 0.317 e. The number of hydrogen-bond donors (Lipinski definition) is 1. The van der Waals surface area contributed by atoms with Crippen LogP contribution in [0.25, 0.3) is 10.8 Å². The molecule has 1 N–H and O–H groups in total. The summed E-state index contributed by atoms with van der Waals surface area (Å²) in [5.74, 6) is 0.876. The van der Waals surface area contributed by atoms with Crippen molar-refractivity contribution < 1.29 is 9.53 Å². The van der Waals surface area contributed by atoms with Gasteiger partial charge in [-0.05, 0) is 11.5 Å². The van der Waals surface area contributed by atoms with Gasteiger partial charge in [0.05, 0.1) is 6.54 Å². The number of carbonyl (C=O) groups is 1. The van der Waals surface area contributed by atoms with Gasteiger partial charge in [-0.3, -0.25) is 0 Å². The van der Waals surface area contributed by atoms with E-state index in [1.807, 2.05) is 19.0 Å². The molecule has 0 bridgehead atoms. The molecule has 0 aliphatic carbocycles. The van der Waals surface area contributed by atoms with Crippen LogP contribution in [0.2, 0.25) is 6.82 Å². The Balaban J connectivity index is 1.76. The number of urea groups is 1. The first-order valence-corrected chi connectivity index (χ1v) is 7.26. The number of ether oxygens (including phenoxy) is 1. The number of nitrogens with one attached hydrogen (secondary N) is 1. The molecule has 2 aromatic rings. The van der Waals surface area contributed by atoms with Crippen molar-refractivity contribution in [3.63, 3.8) is 0 Å². The van der Waals surface area contributed by atoms with Gasteiger partial charge in [-0.25, -0.2) is 4.79 Å². The average molecular weight is 281 g/mol. The third kappa shape index (κ3) is 2.82. The lowest BCUT2D eigenvalue weighted by atomic mass is 9.71. The minimum Gasteiger partial charge on any atom is -0.491 e. The summed E-state index contributed by atoms with van der Waals surface area (Å²) in [6, 6.07) is 12.3. The molecule has 1 heterocycles. The van der Waals surface area contributed by atoms with Gasteiger partial charge in [-0.15, -0.1) is 0 Å². The SMILES string of the molecule is C[B]c1cccc2cccc(OCCN3CCNC3=O)c12. The van der Waals surface area contributed by atoms with Crippen molar-refractivity contribution in [3.8, 4) is 5.75 Å². The van der Waals surface area contributed by atoms with Gasteiger partial charge in [0.1, 0.15) is 19.6 Å². The molecule has 2 aromatic carbocycles. The maximum absolute atomic E-state index is 11.5. The van der Waals surface area contributed by atoms with Gasteiger partial charge < -0.3 is 15.0 Å². The summed E-state index contributed by atoms with van der Waals surface area (Å²) in [6.45, 7) is 4.62. The van der Waals surface area contributed by atoms with E-state index in [1.165, 1.54) is 10.8 Å². The molecule has 1 aliphatic heterocycles. The topological polar surface area (TPSA) is 41.6 Å². The monoisotopic (exact) mass is 281 g/mol. The van der Waals surface area contributed by atoms with Gasteiger partial charge in [0.2, 0.25) is 0 Å². The van der Waals surface area contributed by atoms with Crippen molar-refractivity contribution in [1.82, 2.24) is 10.2 Å². The van der Waals surface area contributed by atoms with E-state index in [9.17, 15) is 4.79 Å². The standard InChI is InChI=1S/C16H18BN2O2/c1-17-13-6-2-4-12-5-3-7-14(15(12)13)21-11-10-19-9-8-18-16(19)20/h2-7H,8-11H2,1H3,(H,18,20). The minimum atomic E-state index is -0.000833. The fourth-order valence-electron chi connectivity index (χ4n) is 2.69. The van der Waals surface area contributed by atoms with Crippen LogP contribution in [0.3, 0.4) is 0 Å². The predicted molar refractivity (Wildman–Crippen MR) is 85.7 cm³/mol. The van der Waals surface area contributed by atoms with Crippen LogP contribution in [-0.4, -0.2) is 44.5 Å². The Morgan fingerprint density at radius 3 is 2.81 bits per heavy atom. The molecule has 0 saturated carbocycles. The first-order valence-electron chi connectivity index (χ1n) is 7.26. The quantitative estimate of drug-likeness (QED) is 0.846. The molecule has 3 rings (SSSR count). The number of carbonyl (C=O) groups excluding carboxylic acids is 1. The molecule has 1 radical (unpaired) electrons. The Bertz CT molecular complexity index is 655. The first kappa shape index (κ1) is 13.8. The molecule has 21 heavy (non-hydrogen) atoms. The summed E-state index contributed by atoms with van der Waals surface area (Å²) in [6.07, 6.45) is 0. The molecule has 0 atom stereocenters. The molecule has 0 unspecified atom stereocenters. The Kier molecular flexibility index (Phi) is 4.00. The van der Waals surface area contributed by atoms with Crippen LogP contribution >= 0.6 is 0 Å². The van der Waals surface area contributed by atoms with Gasteiger partial charge >= 0.3 is 6.03 Å². The Labute approximate surface area is 125 Å². The molecule has 0 spiro atoms. The summed E-state index contributed by atoms with van der Waals surface area (Å²) < 4.78 is 5.93. The molecule has 0 aromatic heterocycles. The lowest BCUT2D eigenvalue weighted by Gasteiger charge is -2.16. The largest absolute Gasteiger partial charge is 0.491 e. The lowest BCUT2D eigenvalue weighted by Crippen LogP contribution is -2.31. The van der Waals surface area contributed by atoms with E-state index in [-0.39, 0.29) is 6.03 Å². The molecule has 1 saturated heterocycles. The summed E-state index contributed by atoms with van der Waals surface area (Å²) in [7, 11) is 2.09. The van der Waals surface area contributed by atoms with Crippen LogP contribution < -0.4 is 15.5 Å². The van der Waals surface area contributed by atoms with Crippen molar-refractivity contribution >= 4 is 29.5 Å². The van der Waals surface area contributed by atoms with E-state index in [4.69, 9.17) is 4.74 Å². The molecular weight excluding hydrogens is 263 g/mol. The van der Waals surface area contributed by atoms with Gasteiger partial charge in [0.25, 0.3) is 0 Å². The van der Waals surface area contributed by atoms with Gasteiger partial charge in [-0.1, -0.05) is 42.6 Å². The Morgan fingerprint density at radius 1 is 1.29 bits per heavy atom. The van der Waals surface area contributed by atoms with Gasteiger partial charge in [0.15, 0.2) is 0 Å². The van der Waals surface area contributed by atoms with E-state index in [0.717, 1.165) is 24.2 Å². The zero-order chi connectivity index (χ0) is 14.7. The number of rotatable bonds is 5. The van der Waals surface area contributed by atoms with Gasteiger partial charge in [-0.2, -0.15) is 0 Å². The third-order valence-electron chi connectivity index (χ3n) is 3.77. The fourth-order valence-corrected chi connectivity index (χ4v) is 2.69. The highest BCUT2D eigenvalue weighted by Gasteiger charge is 2.18. The highest BCUT2D eigenvalue weighted by atomic mass is 16.5. The summed E-state index contributed by atoms with van der Waals surface area (Å²) in [5, 5.41) is 5.09. The second-order valence-corrected chi connectivity index (χ2v) is 5.06. The van der Waals surface area contributed by atoms with Crippen LogP contribution in [0.15, 0.2) is 36.4 Å². The van der Waals surface area contributed by atoms with Gasteiger partial charge in [0, 0.05) is 18.5 Å². The van der Waals surface area contributed by atoms with Crippen LogP contribution in [-0.2, 0) is 0 Å². The second-order valence-electron chi connectivity index (χ2n) is 5.06. The molecule has 4 nitrogen and oxygen atoms in total. The molecule has 2 amide bonds. The van der Waals surface area contributed by atoms with E-state index in [0.29, 0.717) is 13.2 Å². The zero-order valence-electron chi connectivity index (χ0n) is 12.1. The van der Waals surface area contributed by atoms with E-state index < -0.39 is 0 Å². The number of fused-ring (bicyclic) bond motifs is 1. The van der Waals surface area contributed by atoms with E-state index in [1.54, 1.807) is 4.90 Å². The number of hydrogen-bond acceptors (Lipinski definition) is 2. The summed E-state index contributed by atoms with van der Waals surface area (Å²) in [5.41, 5.74) is 1.17. The molecule has 5 heteroatoms. The van der Waals surface area contributed by atoms with Crippen molar-refractivity contribution in [3.05, 3.63) is 36.4 Å². The molecule has 107 valence electrons. The van der Waals surface area contributed by atoms with Crippen molar-refractivity contribution in [2.45, 2.75) is 6.82 Å². The normalized spacial score (nSPS) is 14.3. The van der Waals surface area contributed by atoms with Crippen LogP contribution in [0, 0.1) is 0 Å². The fraction of sp³-hybridized carbons (Fsp3) is 0.312. The lowest BCUT2D eigenvalue weighted by molar-refractivity contribution is 0.203. The minimum absolute atomic E-state index is 0.000833. The zero-order valence-corrected chi connectivity index (χ0v) is 12.1. The Hall–Kier alpha value is -2.17. The molecule has 1 fully saturated rings. The Morgan fingerprint density at radius 2 is 2.10 bits per heavy atom. The van der Waals surface area contributed by atoms with Crippen molar-refractivity contribution in [2.75, 3.05) is 26.2 Å². The highest BCUT2D eigenvalue weighted by Crippen LogP contribution is 2.23. The van der Waals surface area contributed by atoms with E-state index >= 15 is 0 Å². The predicted octanol–water partition coefficient (Wildman–Crippen LogP) is 1.62. The highest BCUT2D eigenvalue weighted by molar-refractivity contribution is 6.56. The van der Waals surface area contributed by atoms with Crippen molar-refractivity contribution in [2.24, 2.45) is 0 Å². The van der Waals surface area contributed by atoms with Crippen LogP contribution in [0.5, 0.6) is 5.75 Å². The summed E-state index contributed by atoms with van der Waals surface area (Å²) in [4.78, 5) is 13.3. The second kappa shape index (κ2) is 6.08. The number of benzene rings is 2. The first-order chi connectivity index (χ1) is 10.3. The van der Waals surface area contributed by atoms with E-state index in [2.05, 4.69) is 36.9 Å². The van der Waals surface area contributed by atoms with Crippen LogP contribution in [0.1, 0.15) is 0 Å². The number of nitrogens with zero attached hydrogens (tertiary/aromatic N) is 1. The average Bonchev–Trinajstić information content (AvgIpc) is 2.92. The maximum atomic E-state index is 11.5. The molecular formula is C16H18BN2O2. The molecule has 1 aliphatic rings. The third-order valence-corrected chi connectivity index (χ3v) is 3.77. The summed E-state index contributed by atoms with van der Waals surface area (Å²) >= 11 is 0. The maximum Gasteiger partial charge on any atom is 0.317 e. The van der Waals surface area contributed by atoms with Crippen LogP contribution in [0.4, 0.5) is 4.79 Å². The number of amides is 2. The van der Waals surface area contributed by atoms with Crippen molar-refractivity contribution in [1.29, 1.82) is 0 Å².